The van der Waals surface area contributed by atoms with Crippen molar-refractivity contribution in [1.29, 1.82) is 0 Å². The van der Waals surface area contributed by atoms with E-state index >= 15 is 0 Å². The van der Waals surface area contributed by atoms with Crippen LogP contribution in [-0.4, -0.2) is 66.6 Å². The third kappa shape index (κ3) is 6.78. The maximum atomic E-state index is 12.2. The van der Waals surface area contributed by atoms with Gasteiger partial charge in [0.15, 0.2) is 0 Å². The van der Waals surface area contributed by atoms with E-state index in [1.165, 1.54) is 57.5 Å². The van der Waals surface area contributed by atoms with Gasteiger partial charge in [-0.15, -0.1) is 0 Å². The minimum Gasteiger partial charge on any atom is -0.338 e. The maximum absolute atomic E-state index is 12.2. The summed E-state index contributed by atoms with van der Waals surface area (Å²) in [5.74, 6) is 2.87. The third-order valence-corrected chi connectivity index (χ3v) is 5.88. The van der Waals surface area contributed by atoms with Gasteiger partial charge < -0.3 is 15.1 Å². The summed E-state index contributed by atoms with van der Waals surface area (Å²) in [7, 11) is 0. The van der Waals surface area contributed by atoms with Crippen molar-refractivity contribution >= 4 is 17.8 Å². The molecule has 0 bridgehead atoms. The van der Waals surface area contributed by atoms with E-state index in [0.717, 1.165) is 31.8 Å². The second kappa shape index (κ2) is 10.4. The lowest BCUT2D eigenvalue weighted by molar-refractivity contribution is 0.195. The number of hydrogen-bond acceptors (Lipinski definition) is 3. The van der Waals surface area contributed by atoms with Gasteiger partial charge in [0, 0.05) is 25.4 Å². The van der Waals surface area contributed by atoms with E-state index < -0.39 is 0 Å². The third-order valence-electron chi connectivity index (χ3n) is 4.60. The lowest BCUT2D eigenvalue weighted by atomic mass is 10.1. The largest absolute Gasteiger partial charge is 0.338 e. The molecule has 0 saturated carbocycles. The molecule has 22 heavy (non-hydrogen) atoms. The Kier molecular flexibility index (Phi) is 8.45. The van der Waals surface area contributed by atoms with E-state index in [0.29, 0.717) is 5.92 Å². The summed E-state index contributed by atoms with van der Waals surface area (Å²) in [5, 5.41) is 3.10. The van der Waals surface area contributed by atoms with Crippen molar-refractivity contribution in [1.82, 2.24) is 15.1 Å². The standard InChI is InChI=1S/C17H33N3OS/c1-16-14-20(12-13-22-15-16)17(21)18-8-4-2-5-9-19-10-6-3-7-11-19/h16H,2-15H2,1H3,(H,18,21)/t16-/m1/s1. The predicted molar refractivity (Wildman–Crippen MR) is 95.6 cm³/mol. The van der Waals surface area contributed by atoms with E-state index in [1.807, 2.05) is 16.7 Å². The highest BCUT2D eigenvalue weighted by Gasteiger charge is 2.19. The molecule has 1 atom stereocenters. The van der Waals surface area contributed by atoms with Crippen LogP contribution in [-0.2, 0) is 0 Å². The second-order valence-electron chi connectivity index (χ2n) is 6.82. The Hall–Kier alpha value is -0.420. The Labute approximate surface area is 140 Å². The fourth-order valence-electron chi connectivity index (χ4n) is 3.29. The smallest absolute Gasteiger partial charge is 0.317 e. The summed E-state index contributed by atoms with van der Waals surface area (Å²) in [6, 6.07) is 0.144. The van der Waals surface area contributed by atoms with Gasteiger partial charge in [-0.2, -0.15) is 11.8 Å². The molecule has 0 spiro atoms. The number of piperidine rings is 1. The molecular formula is C17H33N3OS. The molecule has 2 amide bonds. The van der Waals surface area contributed by atoms with E-state index in [9.17, 15) is 4.79 Å². The van der Waals surface area contributed by atoms with Gasteiger partial charge in [0.05, 0.1) is 0 Å². The molecule has 0 aromatic carbocycles. The number of nitrogens with one attached hydrogen (secondary N) is 1. The van der Waals surface area contributed by atoms with Crippen molar-refractivity contribution in [3.8, 4) is 0 Å². The highest BCUT2D eigenvalue weighted by atomic mass is 32.2. The Balaban J connectivity index is 1.49. The van der Waals surface area contributed by atoms with Crippen LogP contribution in [0.15, 0.2) is 0 Å². The molecule has 2 fully saturated rings. The molecule has 5 heteroatoms. The zero-order valence-electron chi connectivity index (χ0n) is 14.2. The Morgan fingerprint density at radius 2 is 1.95 bits per heavy atom. The second-order valence-corrected chi connectivity index (χ2v) is 7.97. The molecule has 2 aliphatic rings. The first-order valence-corrected chi connectivity index (χ1v) is 10.2. The zero-order chi connectivity index (χ0) is 15.6. The zero-order valence-corrected chi connectivity index (χ0v) is 15.0. The summed E-state index contributed by atoms with van der Waals surface area (Å²) in [4.78, 5) is 16.8. The molecule has 2 heterocycles. The topological polar surface area (TPSA) is 35.6 Å². The fraction of sp³-hybridized carbons (Fsp3) is 0.941. The van der Waals surface area contributed by atoms with Crippen LogP contribution in [0.3, 0.4) is 0 Å². The van der Waals surface area contributed by atoms with Crippen LogP contribution in [0.25, 0.3) is 0 Å². The van der Waals surface area contributed by atoms with Crippen LogP contribution >= 0.6 is 11.8 Å². The van der Waals surface area contributed by atoms with E-state index in [1.54, 1.807) is 0 Å². The first kappa shape index (κ1) is 17.9. The number of thioether (sulfide) groups is 1. The van der Waals surface area contributed by atoms with Crippen molar-refractivity contribution in [2.75, 3.05) is 50.8 Å². The first-order valence-electron chi connectivity index (χ1n) is 9.08. The van der Waals surface area contributed by atoms with Gasteiger partial charge in [-0.1, -0.05) is 19.8 Å². The number of nitrogens with zero attached hydrogens (tertiary/aromatic N) is 2. The van der Waals surface area contributed by atoms with Crippen LogP contribution < -0.4 is 5.32 Å². The number of rotatable bonds is 6. The van der Waals surface area contributed by atoms with Crippen molar-refractivity contribution in [3.63, 3.8) is 0 Å². The Morgan fingerprint density at radius 3 is 2.77 bits per heavy atom. The van der Waals surface area contributed by atoms with Gasteiger partial charge in [-0.3, -0.25) is 0 Å². The molecule has 0 aromatic rings. The molecular weight excluding hydrogens is 294 g/mol. The van der Waals surface area contributed by atoms with Crippen molar-refractivity contribution in [2.45, 2.75) is 45.4 Å². The van der Waals surface area contributed by atoms with E-state index in [-0.39, 0.29) is 6.03 Å². The number of hydrogen-bond donors (Lipinski definition) is 1. The number of likely N-dealkylation sites (tertiary alicyclic amines) is 1. The highest BCUT2D eigenvalue weighted by molar-refractivity contribution is 7.99. The monoisotopic (exact) mass is 327 g/mol. The summed E-state index contributed by atoms with van der Waals surface area (Å²) in [6.07, 6.45) is 7.77. The molecule has 0 aliphatic carbocycles. The molecule has 0 radical (unpaired) electrons. The van der Waals surface area contributed by atoms with Gasteiger partial charge in [-0.25, -0.2) is 4.79 Å². The van der Waals surface area contributed by atoms with E-state index in [4.69, 9.17) is 0 Å². The number of carbonyl (C=O) groups excluding carboxylic acids is 1. The van der Waals surface area contributed by atoms with Gasteiger partial charge in [0.2, 0.25) is 0 Å². The van der Waals surface area contributed by atoms with Crippen molar-refractivity contribution in [2.24, 2.45) is 5.92 Å². The molecule has 1 N–H and O–H groups in total. The molecule has 2 rings (SSSR count). The average molecular weight is 328 g/mol. The molecule has 0 unspecified atom stereocenters. The van der Waals surface area contributed by atoms with Crippen LogP contribution in [0.2, 0.25) is 0 Å². The maximum Gasteiger partial charge on any atom is 0.317 e. The first-order chi connectivity index (χ1) is 10.8. The van der Waals surface area contributed by atoms with Crippen molar-refractivity contribution in [3.05, 3.63) is 0 Å². The minimum atomic E-state index is 0.144. The summed E-state index contributed by atoms with van der Waals surface area (Å²) < 4.78 is 0. The Morgan fingerprint density at radius 1 is 1.14 bits per heavy atom. The lowest BCUT2D eigenvalue weighted by Crippen LogP contribution is -2.42. The fourth-order valence-corrected chi connectivity index (χ4v) is 4.32. The SMILES string of the molecule is C[C@H]1CSCCN(C(=O)NCCCCCN2CCCCC2)C1. The molecule has 4 nitrogen and oxygen atoms in total. The quantitative estimate of drug-likeness (QED) is 0.762. The molecule has 2 aliphatic heterocycles. The summed E-state index contributed by atoms with van der Waals surface area (Å²) in [6.45, 7) is 8.71. The average Bonchev–Trinajstić information content (AvgIpc) is 2.76. The normalized spacial score (nSPS) is 24.0. The number of amides is 2. The number of urea groups is 1. The van der Waals surface area contributed by atoms with Crippen LogP contribution in [0.1, 0.15) is 45.4 Å². The minimum absolute atomic E-state index is 0.144. The van der Waals surface area contributed by atoms with Crippen LogP contribution in [0.4, 0.5) is 4.79 Å². The summed E-state index contributed by atoms with van der Waals surface area (Å²) in [5.41, 5.74) is 0. The Bertz CT molecular complexity index is 321. The van der Waals surface area contributed by atoms with Gasteiger partial charge >= 0.3 is 6.03 Å². The summed E-state index contributed by atoms with van der Waals surface area (Å²) >= 11 is 1.97. The number of carbonyl (C=O) groups is 1. The molecule has 2 saturated heterocycles. The molecule has 128 valence electrons. The predicted octanol–water partition coefficient (Wildman–Crippen LogP) is 3.04. The molecule has 0 aromatic heterocycles. The lowest BCUT2D eigenvalue weighted by Gasteiger charge is -2.26. The van der Waals surface area contributed by atoms with Gasteiger partial charge in [0.1, 0.15) is 0 Å². The van der Waals surface area contributed by atoms with Gasteiger partial charge in [0.25, 0.3) is 0 Å². The number of unbranched alkanes of at least 4 members (excludes halogenated alkanes) is 2. The van der Waals surface area contributed by atoms with Crippen LogP contribution in [0, 0.1) is 5.92 Å². The highest BCUT2D eigenvalue weighted by Crippen LogP contribution is 2.15. The van der Waals surface area contributed by atoms with Gasteiger partial charge in [-0.05, 0) is 57.0 Å². The van der Waals surface area contributed by atoms with E-state index in [2.05, 4.69) is 17.1 Å². The van der Waals surface area contributed by atoms with Crippen molar-refractivity contribution < 1.29 is 4.79 Å². The van der Waals surface area contributed by atoms with Crippen LogP contribution in [0.5, 0.6) is 0 Å².